The maximum Gasteiger partial charge on any atom is 0.324 e. The molecule has 0 saturated carbocycles. The van der Waals surface area contributed by atoms with Gasteiger partial charge in [-0.25, -0.2) is 15.2 Å². The number of nitrogens with zero attached hydrogens (tertiary/aromatic N) is 6. The number of carbonyl (C=O) groups excluding carboxylic acids is 4. The Labute approximate surface area is 397 Å². The highest BCUT2D eigenvalue weighted by Gasteiger charge is 2.39. The van der Waals surface area contributed by atoms with Crippen LogP contribution in [0.5, 0.6) is 0 Å². The second-order valence-corrected chi connectivity index (χ2v) is 20.0. The number of nitrogens with one attached hydrogen (secondary N) is 2. The van der Waals surface area contributed by atoms with E-state index < -0.39 is 41.3 Å². The molecule has 5 aromatic rings. The Morgan fingerprint density at radius 3 is 2.61 bits per heavy atom. The van der Waals surface area contributed by atoms with E-state index in [4.69, 9.17) is 24.2 Å². The van der Waals surface area contributed by atoms with Gasteiger partial charge in [0.15, 0.2) is 0 Å². The van der Waals surface area contributed by atoms with Crippen molar-refractivity contribution in [1.29, 1.82) is 0 Å². The standard InChI is InChI=1S/C51H64N8O7S/c1-9-58-41-20-19-34-25-36(41)37(46(58)35-17-13-21-52-44(35)32(4)64-8)27-51(5,6)30-66-49(62)38-18-14-22-59(55-38)48(61)39(26-43-53-40(34)29-67-43)54-47(60)45(31(2)3)56(7)50(63)57-23-24-65-42(28-57)33-15-11-10-12-16-33/h10-13,15-17,19-21,25,29,31-32,38-39,42,45,55H,9,14,18,22-24,26-28,30H2,1-8H3,(H,54,60)/t32-,38-,39-,42-,45-/m0/s1. The molecule has 6 heterocycles. The normalized spacial score (nSPS) is 21.1. The van der Waals surface area contributed by atoms with Crippen molar-refractivity contribution in [3.05, 3.63) is 94.1 Å². The van der Waals surface area contributed by atoms with Gasteiger partial charge in [-0.3, -0.25) is 24.4 Å². The Kier molecular flexibility index (Phi) is 14.5. The zero-order valence-corrected chi connectivity index (χ0v) is 40.7. The highest BCUT2D eigenvalue weighted by molar-refractivity contribution is 7.10. The maximum atomic E-state index is 14.7. The first-order valence-corrected chi connectivity index (χ1v) is 24.4. The lowest BCUT2D eigenvalue weighted by Crippen LogP contribution is -2.62. The number of rotatable bonds is 9. The number of thiazole rings is 1. The van der Waals surface area contributed by atoms with Crippen LogP contribution in [0.15, 0.2) is 72.2 Å². The number of ether oxygens (including phenoxy) is 3. The van der Waals surface area contributed by atoms with Gasteiger partial charge in [-0.1, -0.05) is 64.1 Å². The number of cyclic esters (lactones) is 1. The van der Waals surface area contributed by atoms with E-state index in [2.05, 4.69) is 60.3 Å². The molecule has 2 aromatic carbocycles. The number of aryl methyl sites for hydroxylation is 1. The molecule has 15 nitrogen and oxygen atoms in total. The van der Waals surface area contributed by atoms with Crippen molar-refractivity contribution in [2.24, 2.45) is 11.3 Å². The molecular weight excluding hydrogens is 869 g/mol. The van der Waals surface area contributed by atoms with Crippen molar-refractivity contribution >= 4 is 46.1 Å². The van der Waals surface area contributed by atoms with Gasteiger partial charge in [0.1, 0.15) is 24.2 Å². The molecule has 356 valence electrons. The van der Waals surface area contributed by atoms with Gasteiger partial charge in [0, 0.05) is 79.2 Å². The first kappa shape index (κ1) is 47.8. The molecule has 3 aromatic heterocycles. The molecule has 8 rings (SSSR count). The highest BCUT2D eigenvalue weighted by atomic mass is 32.1. The van der Waals surface area contributed by atoms with Gasteiger partial charge in [0.2, 0.25) is 5.91 Å². The zero-order valence-electron chi connectivity index (χ0n) is 39.9. The number of amides is 4. The molecule has 3 aliphatic rings. The first-order valence-electron chi connectivity index (χ1n) is 23.5. The van der Waals surface area contributed by atoms with Crippen LogP contribution in [0.4, 0.5) is 4.79 Å². The van der Waals surface area contributed by atoms with Crippen molar-refractivity contribution in [2.75, 3.05) is 47.0 Å². The summed E-state index contributed by atoms with van der Waals surface area (Å²) < 4.78 is 20.3. The van der Waals surface area contributed by atoms with Crippen molar-refractivity contribution < 1.29 is 33.4 Å². The van der Waals surface area contributed by atoms with E-state index >= 15 is 0 Å². The number of urea groups is 1. The number of benzene rings is 2. The van der Waals surface area contributed by atoms with Crippen LogP contribution in [0.1, 0.15) is 88.4 Å². The Morgan fingerprint density at radius 1 is 1.07 bits per heavy atom. The minimum Gasteiger partial charge on any atom is -0.464 e. The van der Waals surface area contributed by atoms with Gasteiger partial charge in [-0.15, -0.1) is 11.3 Å². The van der Waals surface area contributed by atoms with Crippen molar-refractivity contribution in [3.63, 3.8) is 0 Å². The SMILES string of the molecule is CCn1c(-c2cccnc2[C@H](C)OC)c2c3cc(ccc31)-c1csc(n1)C[C@H](NC(=O)[C@H](C(C)C)N(C)C(=O)N1CCO[C@H](c3ccccc3)C1)C(=O)N1CCC[C@H](N1)C(=O)OCC(C)(C)C2. The average Bonchev–Trinajstić information content (AvgIpc) is 3.93. The smallest absolute Gasteiger partial charge is 0.324 e. The number of morpholine rings is 1. The van der Waals surface area contributed by atoms with Gasteiger partial charge in [0.05, 0.1) is 48.0 Å². The lowest BCUT2D eigenvalue weighted by Gasteiger charge is -2.39. The molecule has 4 amide bonds. The number of hydrogen-bond donors (Lipinski definition) is 2. The van der Waals surface area contributed by atoms with Crippen LogP contribution in [-0.2, 0) is 48.0 Å². The predicted molar refractivity (Wildman–Crippen MR) is 258 cm³/mol. The molecule has 2 saturated heterocycles. The quantitative estimate of drug-likeness (QED) is 0.143. The van der Waals surface area contributed by atoms with Gasteiger partial charge < -0.3 is 33.9 Å². The largest absolute Gasteiger partial charge is 0.464 e. The zero-order chi connectivity index (χ0) is 47.6. The van der Waals surface area contributed by atoms with Crippen LogP contribution in [-0.4, -0.2) is 118 Å². The third kappa shape index (κ3) is 10.1. The second kappa shape index (κ2) is 20.3. The summed E-state index contributed by atoms with van der Waals surface area (Å²) in [5.41, 5.74) is 10.3. The van der Waals surface area contributed by atoms with Crippen LogP contribution in [0.25, 0.3) is 33.4 Å². The first-order chi connectivity index (χ1) is 32.2. The maximum absolute atomic E-state index is 14.7. The Hall–Kier alpha value is -5.68. The third-order valence-electron chi connectivity index (χ3n) is 13.3. The lowest BCUT2D eigenvalue weighted by atomic mass is 9.84. The number of fused-ring (bicyclic) bond motifs is 6. The minimum absolute atomic E-state index is 0.0900. The van der Waals surface area contributed by atoms with Crippen LogP contribution >= 0.6 is 11.3 Å². The summed E-state index contributed by atoms with van der Waals surface area (Å²) in [7, 11) is 3.33. The van der Waals surface area contributed by atoms with Gasteiger partial charge in [0.25, 0.3) is 5.91 Å². The topological polar surface area (TPSA) is 160 Å². The van der Waals surface area contributed by atoms with Crippen molar-refractivity contribution in [3.8, 4) is 22.5 Å². The van der Waals surface area contributed by atoms with Crippen molar-refractivity contribution in [1.82, 2.24) is 40.1 Å². The second-order valence-electron chi connectivity index (χ2n) is 19.1. The van der Waals surface area contributed by atoms with Gasteiger partial charge in [-0.2, -0.15) is 0 Å². The number of hydrogen-bond acceptors (Lipinski definition) is 11. The summed E-state index contributed by atoms with van der Waals surface area (Å²) in [5.74, 6) is -1.61. The van der Waals surface area contributed by atoms with E-state index in [1.54, 1.807) is 25.3 Å². The van der Waals surface area contributed by atoms with E-state index in [0.29, 0.717) is 57.1 Å². The summed E-state index contributed by atoms with van der Waals surface area (Å²) >= 11 is 1.42. The van der Waals surface area contributed by atoms with Gasteiger partial charge >= 0.3 is 12.0 Å². The van der Waals surface area contributed by atoms with Crippen LogP contribution in [0.3, 0.4) is 0 Å². The molecule has 6 bridgehead atoms. The van der Waals surface area contributed by atoms with E-state index in [1.807, 2.05) is 62.5 Å². The summed E-state index contributed by atoms with van der Waals surface area (Å²) in [6.07, 6.45) is 2.95. The number of esters is 1. The molecule has 16 heteroatoms. The van der Waals surface area contributed by atoms with E-state index in [0.717, 1.165) is 50.2 Å². The molecule has 3 aliphatic heterocycles. The molecule has 2 fully saturated rings. The molecule has 0 spiro atoms. The molecule has 5 atom stereocenters. The minimum atomic E-state index is -1.07. The number of pyridine rings is 1. The van der Waals surface area contributed by atoms with E-state index in [1.165, 1.54) is 21.2 Å². The molecule has 0 radical (unpaired) electrons. The Morgan fingerprint density at radius 2 is 1.87 bits per heavy atom. The summed E-state index contributed by atoms with van der Waals surface area (Å²) in [6.45, 7) is 14.4. The summed E-state index contributed by atoms with van der Waals surface area (Å²) in [5, 5.41) is 8.19. The average molecular weight is 933 g/mol. The number of methoxy groups -OCH3 is 1. The van der Waals surface area contributed by atoms with Crippen molar-refractivity contribution in [2.45, 2.75) is 104 Å². The molecule has 0 aliphatic carbocycles. The predicted octanol–water partition coefficient (Wildman–Crippen LogP) is 7.35. The Bertz CT molecular complexity index is 2590. The highest BCUT2D eigenvalue weighted by Crippen LogP contribution is 2.42. The van der Waals surface area contributed by atoms with Crippen LogP contribution in [0, 0.1) is 11.3 Å². The third-order valence-corrected chi connectivity index (χ3v) is 14.2. The number of carbonyl (C=O) groups is 4. The molecule has 2 N–H and O–H groups in total. The fourth-order valence-electron chi connectivity index (χ4n) is 9.78. The van der Waals surface area contributed by atoms with Gasteiger partial charge in [-0.05, 0) is 74.4 Å². The number of aromatic nitrogens is 3. The molecular formula is C51H64N8O7S. The molecule has 67 heavy (non-hydrogen) atoms. The number of hydrazine groups is 1. The Balaban J connectivity index is 1.14. The van der Waals surface area contributed by atoms with E-state index in [-0.39, 0.29) is 37.2 Å². The summed E-state index contributed by atoms with van der Waals surface area (Å²) in [4.78, 5) is 70.5. The monoisotopic (exact) mass is 932 g/mol. The molecule has 0 unspecified atom stereocenters. The fourth-order valence-corrected chi connectivity index (χ4v) is 10.6. The lowest BCUT2D eigenvalue weighted by molar-refractivity contribution is -0.155. The fraction of sp³-hybridized carbons (Fsp3) is 0.490. The number of likely N-dealkylation sites (N-methyl/N-ethyl adjacent to an activating group) is 1. The van der Waals surface area contributed by atoms with Crippen LogP contribution in [0.2, 0.25) is 0 Å². The van der Waals surface area contributed by atoms with E-state index in [9.17, 15) is 19.2 Å². The summed E-state index contributed by atoms with van der Waals surface area (Å²) in [6, 6.07) is 17.2. The van der Waals surface area contributed by atoms with Crippen LogP contribution < -0.4 is 10.7 Å².